The van der Waals surface area contributed by atoms with Crippen LogP contribution in [0.3, 0.4) is 0 Å². The van der Waals surface area contributed by atoms with Gasteiger partial charge in [0.2, 0.25) is 0 Å². The van der Waals surface area contributed by atoms with E-state index in [-0.39, 0.29) is 36.1 Å². The molecule has 9 heteroatoms. The summed E-state index contributed by atoms with van der Waals surface area (Å²) in [6, 6.07) is 0.0881. The van der Waals surface area contributed by atoms with Crippen LogP contribution in [0.25, 0.3) is 0 Å². The summed E-state index contributed by atoms with van der Waals surface area (Å²) in [5, 5.41) is 10.9. The molecule has 0 bridgehead atoms. The zero-order valence-electron chi connectivity index (χ0n) is 19.2. The molecule has 172 valence electrons. The molecule has 2 heterocycles. The Hall–Kier alpha value is -1.52. The number of carbonyl (C=O) groups excluding carboxylic acids is 1. The Kier molecular flexibility index (Phi) is 10.9. The van der Waals surface area contributed by atoms with E-state index >= 15 is 0 Å². The van der Waals surface area contributed by atoms with Crippen LogP contribution >= 0.6 is 24.0 Å². The van der Waals surface area contributed by atoms with Crippen molar-refractivity contribution in [2.45, 2.75) is 84.9 Å². The van der Waals surface area contributed by atoms with E-state index in [1.54, 1.807) is 7.05 Å². The Morgan fingerprint density at radius 1 is 1.27 bits per heavy atom. The number of ether oxygens (including phenoxy) is 1. The van der Waals surface area contributed by atoms with E-state index in [1.807, 2.05) is 25.7 Å². The van der Waals surface area contributed by atoms with Gasteiger partial charge in [0.05, 0.1) is 11.7 Å². The standard InChI is InChI=1S/C21H37N5O3.HI/c1-7-17-16(18(8-2)29-25-17)14-24-19(22-6)23-13-15-11-9-10-12-26(15)20(27)28-21(3,4)5;/h15H,7-14H2,1-6H3,(H2,22,23,24);1H. The van der Waals surface area contributed by atoms with E-state index in [0.29, 0.717) is 19.0 Å². The molecule has 0 aromatic carbocycles. The summed E-state index contributed by atoms with van der Waals surface area (Å²) in [5.74, 6) is 1.61. The zero-order chi connectivity index (χ0) is 21.4. The number of rotatable bonds is 6. The molecule has 0 radical (unpaired) electrons. The number of aryl methyl sites for hydroxylation is 2. The van der Waals surface area contributed by atoms with E-state index < -0.39 is 5.60 Å². The van der Waals surface area contributed by atoms with Gasteiger partial charge in [-0.1, -0.05) is 19.0 Å². The smallest absolute Gasteiger partial charge is 0.410 e. The van der Waals surface area contributed by atoms with Crippen LogP contribution in [0.4, 0.5) is 4.79 Å². The van der Waals surface area contributed by atoms with Crippen molar-refractivity contribution in [3.05, 3.63) is 17.0 Å². The van der Waals surface area contributed by atoms with E-state index in [0.717, 1.165) is 55.7 Å². The minimum Gasteiger partial charge on any atom is -0.444 e. The Morgan fingerprint density at radius 3 is 2.60 bits per heavy atom. The highest BCUT2D eigenvalue weighted by molar-refractivity contribution is 14.0. The normalized spacial score (nSPS) is 17.3. The monoisotopic (exact) mass is 535 g/mol. The molecule has 0 spiro atoms. The van der Waals surface area contributed by atoms with Crippen LogP contribution in [0, 0.1) is 0 Å². The second-order valence-electron chi connectivity index (χ2n) is 8.37. The third kappa shape index (κ3) is 7.63. The molecule has 1 aliphatic rings. The molecule has 2 N–H and O–H groups in total. The van der Waals surface area contributed by atoms with E-state index in [2.05, 4.69) is 34.6 Å². The van der Waals surface area contributed by atoms with Gasteiger partial charge in [0.15, 0.2) is 5.96 Å². The van der Waals surface area contributed by atoms with Gasteiger partial charge < -0.3 is 24.8 Å². The average Bonchev–Trinajstić information content (AvgIpc) is 3.09. The molecule has 1 aromatic rings. The average molecular weight is 535 g/mol. The molecule has 1 amide bonds. The first kappa shape index (κ1) is 26.5. The van der Waals surface area contributed by atoms with Gasteiger partial charge in [-0.2, -0.15) is 0 Å². The Bertz CT molecular complexity index is 678. The van der Waals surface area contributed by atoms with Crippen LogP contribution in [-0.2, 0) is 24.1 Å². The Balaban J connectivity index is 0.00000450. The highest BCUT2D eigenvalue weighted by Gasteiger charge is 2.30. The number of aliphatic imine (C=N–C) groups is 1. The number of nitrogens with one attached hydrogen (secondary N) is 2. The third-order valence-corrected chi connectivity index (χ3v) is 5.02. The van der Waals surface area contributed by atoms with Crippen molar-refractivity contribution in [1.29, 1.82) is 0 Å². The minimum atomic E-state index is -0.489. The molecule has 1 atom stereocenters. The summed E-state index contributed by atoms with van der Waals surface area (Å²) in [6.45, 7) is 11.8. The largest absolute Gasteiger partial charge is 0.444 e. The van der Waals surface area contributed by atoms with E-state index in [1.165, 1.54) is 0 Å². The molecule has 1 saturated heterocycles. The lowest BCUT2D eigenvalue weighted by Crippen LogP contribution is -2.52. The van der Waals surface area contributed by atoms with Crippen molar-refractivity contribution in [3.8, 4) is 0 Å². The molecular formula is C21H38IN5O3. The van der Waals surface area contributed by atoms with E-state index in [4.69, 9.17) is 9.26 Å². The molecule has 0 saturated carbocycles. The quantitative estimate of drug-likeness (QED) is 0.327. The van der Waals surface area contributed by atoms with Gasteiger partial charge in [0, 0.05) is 38.7 Å². The fourth-order valence-electron chi connectivity index (χ4n) is 3.52. The lowest BCUT2D eigenvalue weighted by atomic mass is 10.0. The summed E-state index contributed by atoms with van der Waals surface area (Å²) in [6.07, 6.45) is 4.47. The molecule has 30 heavy (non-hydrogen) atoms. The van der Waals surface area contributed by atoms with Gasteiger partial charge in [0.25, 0.3) is 0 Å². The van der Waals surface area contributed by atoms with Gasteiger partial charge in [-0.25, -0.2) is 4.79 Å². The molecular weight excluding hydrogens is 497 g/mol. The lowest BCUT2D eigenvalue weighted by molar-refractivity contribution is 0.0104. The molecule has 8 nitrogen and oxygen atoms in total. The van der Waals surface area contributed by atoms with Crippen molar-refractivity contribution in [1.82, 2.24) is 20.7 Å². The Labute approximate surface area is 197 Å². The highest BCUT2D eigenvalue weighted by atomic mass is 127. The molecule has 0 aliphatic carbocycles. The second-order valence-corrected chi connectivity index (χ2v) is 8.37. The molecule has 2 rings (SSSR count). The Morgan fingerprint density at radius 2 is 2.00 bits per heavy atom. The number of amides is 1. The first-order valence-electron chi connectivity index (χ1n) is 10.7. The first-order valence-corrected chi connectivity index (χ1v) is 10.7. The lowest BCUT2D eigenvalue weighted by Gasteiger charge is -2.37. The van der Waals surface area contributed by atoms with Gasteiger partial charge in [-0.05, 0) is 46.5 Å². The number of hydrogen-bond acceptors (Lipinski definition) is 5. The predicted octanol–water partition coefficient (Wildman–Crippen LogP) is 3.87. The number of guanidine groups is 1. The fourth-order valence-corrected chi connectivity index (χ4v) is 3.52. The maximum atomic E-state index is 12.6. The summed E-state index contributed by atoms with van der Waals surface area (Å²) in [7, 11) is 1.75. The summed E-state index contributed by atoms with van der Waals surface area (Å²) < 4.78 is 11.0. The van der Waals surface area contributed by atoms with Crippen LogP contribution in [0.1, 0.15) is 70.9 Å². The van der Waals surface area contributed by atoms with Crippen molar-refractivity contribution in [2.75, 3.05) is 20.1 Å². The van der Waals surface area contributed by atoms with Crippen LogP contribution in [0.5, 0.6) is 0 Å². The molecule has 1 unspecified atom stereocenters. The van der Waals surface area contributed by atoms with Crippen molar-refractivity contribution in [3.63, 3.8) is 0 Å². The third-order valence-electron chi connectivity index (χ3n) is 5.02. The van der Waals surface area contributed by atoms with Gasteiger partial charge in [0.1, 0.15) is 11.4 Å². The number of hydrogen-bond donors (Lipinski definition) is 2. The number of piperidine rings is 1. The van der Waals surface area contributed by atoms with Gasteiger partial charge in [-0.3, -0.25) is 4.99 Å². The molecule has 1 aliphatic heterocycles. The number of nitrogens with zero attached hydrogens (tertiary/aromatic N) is 3. The van der Waals surface area contributed by atoms with Crippen LogP contribution in [0.15, 0.2) is 9.52 Å². The molecule has 1 aromatic heterocycles. The summed E-state index contributed by atoms with van der Waals surface area (Å²) >= 11 is 0. The maximum Gasteiger partial charge on any atom is 0.410 e. The van der Waals surface area contributed by atoms with Gasteiger partial charge in [-0.15, -0.1) is 24.0 Å². The van der Waals surface area contributed by atoms with Crippen molar-refractivity contribution < 1.29 is 14.1 Å². The van der Waals surface area contributed by atoms with Crippen LogP contribution in [0.2, 0.25) is 0 Å². The van der Waals surface area contributed by atoms with Crippen molar-refractivity contribution in [2.24, 2.45) is 4.99 Å². The number of likely N-dealkylation sites (tertiary alicyclic amines) is 1. The highest BCUT2D eigenvalue weighted by Crippen LogP contribution is 2.20. The van der Waals surface area contributed by atoms with E-state index in [9.17, 15) is 4.79 Å². The number of aromatic nitrogens is 1. The predicted molar refractivity (Wildman–Crippen MR) is 129 cm³/mol. The summed E-state index contributed by atoms with van der Waals surface area (Å²) in [5.41, 5.74) is 1.59. The second kappa shape index (κ2) is 12.4. The molecule has 1 fully saturated rings. The van der Waals surface area contributed by atoms with Crippen LogP contribution < -0.4 is 10.6 Å². The fraction of sp³-hybridized carbons (Fsp3) is 0.762. The SMILES string of the molecule is CCc1noc(CC)c1CNC(=NC)NCC1CCCCN1C(=O)OC(C)(C)C.I. The number of halogens is 1. The minimum absolute atomic E-state index is 0. The summed E-state index contributed by atoms with van der Waals surface area (Å²) in [4.78, 5) is 18.7. The van der Waals surface area contributed by atoms with Crippen LogP contribution in [-0.4, -0.2) is 53.9 Å². The maximum absolute atomic E-state index is 12.6. The first-order chi connectivity index (χ1) is 13.8. The zero-order valence-corrected chi connectivity index (χ0v) is 21.5. The van der Waals surface area contributed by atoms with Gasteiger partial charge >= 0.3 is 6.09 Å². The van der Waals surface area contributed by atoms with Crippen molar-refractivity contribution >= 4 is 36.0 Å². The number of carbonyl (C=O) groups is 1. The topological polar surface area (TPSA) is 92.0 Å².